The summed E-state index contributed by atoms with van der Waals surface area (Å²) in [5, 5.41) is 14.4. The van der Waals surface area contributed by atoms with Crippen molar-refractivity contribution in [1.29, 1.82) is 0 Å². The van der Waals surface area contributed by atoms with E-state index in [0.29, 0.717) is 22.5 Å². The summed E-state index contributed by atoms with van der Waals surface area (Å²) in [6.45, 7) is 1.90. The summed E-state index contributed by atoms with van der Waals surface area (Å²) in [5.41, 5.74) is 5.34. The van der Waals surface area contributed by atoms with Crippen LogP contribution in [0.4, 0.5) is 11.6 Å². The molecular weight excluding hydrogens is 376 g/mol. The molecule has 0 bridgehead atoms. The highest BCUT2D eigenvalue weighted by Crippen LogP contribution is 2.18. The van der Waals surface area contributed by atoms with Gasteiger partial charge >= 0.3 is 0 Å². The van der Waals surface area contributed by atoms with Crippen molar-refractivity contribution in [3.63, 3.8) is 0 Å². The Morgan fingerprint density at radius 1 is 1.21 bits per heavy atom. The maximum atomic E-state index is 12.1. The third-order valence-corrected chi connectivity index (χ3v) is 4.52. The Hall–Kier alpha value is -3.33. The number of aromatic nitrogens is 3. The topological polar surface area (TPSA) is 104 Å². The van der Waals surface area contributed by atoms with Gasteiger partial charge in [0.05, 0.1) is 18.6 Å². The van der Waals surface area contributed by atoms with E-state index >= 15 is 0 Å². The first-order valence-electron chi connectivity index (χ1n) is 8.49. The molecule has 0 unspecified atom stereocenters. The lowest BCUT2D eigenvalue weighted by atomic mass is 10.1. The fraction of sp³-hybridized carbons (Fsp3) is 0.158. The molecule has 1 heterocycles. The highest BCUT2D eigenvalue weighted by molar-refractivity contribution is 7.99. The highest BCUT2D eigenvalue weighted by atomic mass is 32.2. The first kappa shape index (κ1) is 19.4. The fourth-order valence-corrected chi connectivity index (χ4v) is 2.87. The number of thioether (sulfide) groups is 1. The Morgan fingerprint density at radius 2 is 2.04 bits per heavy atom. The Labute approximate surface area is 166 Å². The largest absolute Gasteiger partial charge is 0.497 e. The molecule has 0 aliphatic heterocycles. The molecule has 28 heavy (non-hydrogen) atoms. The van der Waals surface area contributed by atoms with Crippen LogP contribution < -0.4 is 15.5 Å². The number of carbonyl (C=O) groups is 1. The molecule has 3 N–H and O–H groups in total. The van der Waals surface area contributed by atoms with Crippen molar-refractivity contribution < 1.29 is 9.53 Å². The average molecular weight is 396 g/mol. The number of amides is 1. The molecule has 3 aromatic rings. The molecule has 2 aromatic carbocycles. The predicted octanol–water partition coefficient (Wildman–Crippen LogP) is 3.38. The monoisotopic (exact) mass is 396 g/mol. The third kappa shape index (κ3) is 5.58. The van der Waals surface area contributed by atoms with Gasteiger partial charge in [-0.05, 0) is 24.6 Å². The molecule has 0 aliphatic rings. The van der Waals surface area contributed by atoms with Crippen LogP contribution >= 0.6 is 11.8 Å². The van der Waals surface area contributed by atoms with Gasteiger partial charge in [0.1, 0.15) is 5.75 Å². The van der Waals surface area contributed by atoms with E-state index in [0.717, 1.165) is 11.3 Å². The van der Waals surface area contributed by atoms with Crippen molar-refractivity contribution >= 4 is 35.0 Å². The Kier molecular flexibility index (Phi) is 6.64. The van der Waals surface area contributed by atoms with Crippen LogP contribution in [0.2, 0.25) is 0 Å². The van der Waals surface area contributed by atoms with Gasteiger partial charge in [-0.3, -0.25) is 4.79 Å². The molecule has 1 aromatic heterocycles. The normalized spacial score (nSPS) is 11.1. The average Bonchev–Trinajstić information content (AvgIpc) is 3.19. The van der Waals surface area contributed by atoms with Gasteiger partial charge in [0.2, 0.25) is 17.0 Å². The number of aromatic amines is 1. The molecule has 9 heteroatoms. The van der Waals surface area contributed by atoms with E-state index in [1.807, 2.05) is 49.4 Å². The molecule has 0 aliphatic carbocycles. The molecule has 0 saturated heterocycles. The van der Waals surface area contributed by atoms with E-state index < -0.39 is 0 Å². The number of hydrogen-bond donors (Lipinski definition) is 3. The lowest BCUT2D eigenvalue weighted by molar-refractivity contribution is -0.113. The summed E-state index contributed by atoms with van der Waals surface area (Å²) < 4.78 is 5.14. The van der Waals surface area contributed by atoms with Gasteiger partial charge in [0.25, 0.3) is 0 Å². The van der Waals surface area contributed by atoms with Crippen LogP contribution in [0.3, 0.4) is 0 Å². The highest BCUT2D eigenvalue weighted by Gasteiger charge is 2.08. The maximum absolute atomic E-state index is 12.1. The van der Waals surface area contributed by atoms with Gasteiger partial charge in [-0.2, -0.15) is 10.1 Å². The van der Waals surface area contributed by atoms with Crippen LogP contribution in [0.1, 0.15) is 12.5 Å². The van der Waals surface area contributed by atoms with Gasteiger partial charge in [-0.25, -0.2) is 10.5 Å². The molecule has 1 amide bonds. The van der Waals surface area contributed by atoms with Crippen LogP contribution in [0.25, 0.3) is 0 Å². The standard InChI is InChI=1S/C19H20N6O2S/c1-13(14-7-4-3-5-8-14)22-23-18-21-19(25-24-18)28-12-17(26)20-15-9-6-10-16(11-15)27-2/h3-11H,12H2,1-2H3,(H,20,26)(H2,21,23,24,25)/b22-13+. The van der Waals surface area contributed by atoms with Crippen LogP contribution in [0.5, 0.6) is 5.75 Å². The first-order valence-corrected chi connectivity index (χ1v) is 9.47. The minimum absolute atomic E-state index is 0.157. The van der Waals surface area contributed by atoms with Crippen molar-refractivity contribution in [3.8, 4) is 5.75 Å². The SMILES string of the molecule is COc1cccc(NC(=O)CSc2n[nH]c(N/N=C(\C)c3ccccc3)n2)c1. The van der Waals surface area contributed by atoms with Crippen molar-refractivity contribution in [2.45, 2.75) is 12.1 Å². The molecule has 0 saturated carbocycles. The number of rotatable bonds is 8. The number of carbonyl (C=O) groups excluding carboxylic acids is 1. The van der Waals surface area contributed by atoms with Crippen LogP contribution in [0.15, 0.2) is 64.9 Å². The second kappa shape index (κ2) is 9.56. The van der Waals surface area contributed by atoms with E-state index in [2.05, 4.69) is 31.0 Å². The Bertz CT molecular complexity index is 958. The summed E-state index contributed by atoms with van der Waals surface area (Å²) >= 11 is 1.22. The maximum Gasteiger partial charge on any atom is 0.240 e. The van der Waals surface area contributed by atoms with Crippen molar-refractivity contribution in [2.24, 2.45) is 5.10 Å². The first-order chi connectivity index (χ1) is 13.6. The second-order valence-electron chi connectivity index (χ2n) is 5.71. The smallest absolute Gasteiger partial charge is 0.240 e. The molecule has 0 fully saturated rings. The molecule has 0 atom stereocenters. The quantitative estimate of drug-likeness (QED) is 0.306. The number of nitrogens with zero attached hydrogens (tertiary/aromatic N) is 3. The zero-order valence-electron chi connectivity index (χ0n) is 15.5. The number of anilines is 2. The van der Waals surface area contributed by atoms with E-state index in [4.69, 9.17) is 4.74 Å². The minimum atomic E-state index is -0.157. The minimum Gasteiger partial charge on any atom is -0.497 e. The fourth-order valence-electron chi connectivity index (χ4n) is 2.27. The summed E-state index contributed by atoms with van der Waals surface area (Å²) in [6, 6.07) is 17.0. The van der Waals surface area contributed by atoms with Crippen molar-refractivity contribution in [2.75, 3.05) is 23.6 Å². The zero-order valence-corrected chi connectivity index (χ0v) is 16.3. The summed E-state index contributed by atoms with van der Waals surface area (Å²) in [4.78, 5) is 16.3. The number of ether oxygens (including phenoxy) is 1. The van der Waals surface area contributed by atoms with Gasteiger partial charge in [0, 0.05) is 11.8 Å². The van der Waals surface area contributed by atoms with Gasteiger partial charge in [0.15, 0.2) is 0 Å². The Morgan fingerprint density at radius 3 is 2.82 bits per heavy atom. The lowest BCUT2D eigenvalue weighted by Gasteiger charge is -2.06. The van der Waals surface area contributed by atoms with E-state index in [1.165, 1.54) is 11.8 Å². The lowest BCUT2D eigenvalue weighted by Crippen LogP contribution is -2.14. The van der Waals surface area contributed by atoms with Gasteiger partial charge < -0.3 is 10.1 Å². The summed E-state index contributed by atoms with van der Waals surface area (Å²) in [7, 11) is 1.58. The van der Waals surface area contributed by atoms with Gasteiger partial charge in [-0.1, -0.05) is 48.2 Å². The number of hydrogen-bond acceptors (Lipinski definition) is 7. The number of benzene rings is 2. The molecular formula is C19H20N6O2S. The predicted molar refractivity (Wildman–Crippen MR) is 111 cm³/mol. The number of methoxy groups -OCH3 is 1. The number of hydrazone groups is 1. The van der Waals surface area contributed by atoms with Crippen molar-refractivity contribution in [1.82, 2.24) is 15.2 Å². The van der Waals surface area contributed by atoms with Crippen LogP contribution in [-0.4, -0.2) is 39.7 Å². The molecule has 8 nitrogen and oxygen atoms in total. The molecule has 144 valence electrons. The number of nitrogens with one attached hydrogen (secondary N) is 3. The molecule has 3 rings (SSSR count). The molecule has 0 radical (unpaired) electrons. The molecule has 0 spiro atoms. The third-order valence-electron chi connectivity index (χ3n) is 3.67. The summed E-state index contributed by atoms with van der Waals surface area (Å²) in [5.74, 6) is 1.11. The van der Waals surface area contributed by atoms with Crippen molar-refractivity contribution in [3.05, 3.63) is 60.2 Å². The Balaban J connectivity index is 1.49. The summed E-state index contributed by atoms with van der Waals surface area (Å²) in [6.07, 6.45) is 0. The van der Waals surface area contributed by atoms with Crippen LogP contribution in [-0.2, 0) is 4.79 Å². The second-order valence-corrected chi connectivity index (χ2v) is 6.65. The zero-order chi connectivity index (χ0) is 19.8. The van der Waals surface area contributed by atoms with E-state index in [9.17, 15) is 4.79 Å². The van der Waals surface area contributed by atoms with E-state index in [1.54, 1.807) is 19.2 Å². The van der Waals surface area contributed by atoms with E-state index in [-0.39, 0.29) is 11.7 Å². The van der Waals surface area contributed by atoms with Gasteiger partial charge in [-0.15, -0.1) is 5.10 Å². The number of H-pyrrole nitrogens is 1. The van der Waals surface area contributed by atoms with Crippen LogP contribution in [0, 0.1) is 0 Å².